The van der Waals surface area contributed by atoms with Crippen molar-refractivity contribution in [3.63, 3.8) is 0 Å². The van der Waals surface area contributed by atoms with E-state index in [0.717, 1.165) is 37.1 Å². The molecule has 2 aliphatic carbocycles. The lowest BCUT2D eigenvalue weighted by molar-refractivity contribution is 0.177. The van der Waals surface area contributed by atoms with Crippen LogP contribution in [-0.4, -0.2) is 15.0 Å². The van der Waals surface area contributed by atoms with Crippen molar-refractivity contribution >= 4 is 0 Å². The molecule has 0 aromatic carbocycles. The second-order valence-corrected chi connectivity index (χ2v) is 9.65. The summed E-state index contributed by atoms with van der Waals surface area (Å²) in [5.74, 6) is 0. The summed E-state index contributed by atoms with van der Waals surface area (Å²) in [5, 5.41) is 0. The second kappa shape index (κ2) is 17.2. The van der Waals surface area contributed by atoms with Gasteiger partial charge in [-0.15, -0.1) is 4.98 Å². The predicted octanol–water partition coefficient (Wildman–Crippen LogP) is 7.24. The third kappa shape index (κ3) is 11.7. The van der Waals surface area contributed by atoms with E-state index in [4.69, 9.17) is 9.68 Å². The van der Waals surface area contributed by atoms with E-state index in [0.29, 0.717) is 0 Å². The smallest absolute Gasteiger partial charge is 0.340 e. The van der Waals surface area contributed by atoms with E-state index in [9.17, 15) is 0 Å². The van der Waals surface area contributed by atoms with Crippen LogP contribution in [0.1, 0.15) is 128 Å². The molecule has 2 N–H and O–H groups in total. The molecule has 0 saturated carbocycles. The Kier molecular flexibility index (Phi) is 13.3. The van der Waals surface area contributed by atoms with Crippen LogP contribution in [0.4, 0.5) is 0 Å². The molecule has 34 heavy (non-hydrogen) atoms. The zero-order valence-corrected chi connectivity index (χ0v) is 21.0. The van der Waals surface area contributed by atoms with Crippen molar-refractivity contribution in [2.75, 3.05) is 0 Å². The van der Waals surface area contributed by atoms with E-state index in [2.05, 4.69) is 38.1 Å². The number of allylic oxidation sites excluding steroid dienone is 4. The van der Waals surface area contributed by atoms with E-state index in [1.807, 2.05) is 0 Å². The van der Waals surface area contributed by atoms with E-state index >= 15 is 0 Å². The quantitative estimate of drug-likeness (QED) is 0.423. The maximum absolute atomic E-state index is 5.69. The van der Waals surface area contributed by atoms with Gasteiger partial charge in [0, 0.05) is 11.4 Å². The van der Waals surface area contributed by atoms with Crippen LogP contribution in [0.25, 0.3) is 0 Å². The minimum absolute atomic E-state index is 0.214. The summed E-state index contributed by atoms with van der Waals surface area (Å²) in [6, 6.07) is 0.429. The average molecular weight is 472 g/mol. The fourth-order valence-electron chi connectivity index (χ4n) is 4.57. The van der Waals surface area contributed by atoms with Gasteiger partial charge in [0.25, 0.3) is 0 Å². The first-order valence-electron chi connectivity index (χ1n) is 13.8. The van der Waals surface area contributed by atoms with Gasteiger partial charge in [0.1, 0.15) is 6.33 Å². The van der Waals surface area contributed by atoms with Gasteiger partial charge in [0.05, 0.1) is 0 Å². The molecule has 190 valence electrons. The molecule has 0 atom stereocenters. The summed E-state index contributed by atoms with van der Waals surface area (Å²) < 4.78 is 0. The van der Waals surface area contributed by atoms with Crippen LogP contribution in [0.15, 0.2) is 29.9 Å². The molecular weight excluding hydrogens is 426 g/mol. The van der Waals surface area contributed by atoms with Crippen LogP contribution in [0, 0.1) is 0 Å². The Morgan fingerprint density at radius 2 is 0.882 bits per heavy atom. The van der Waals surface area contributed by atoms with Crippen LogP contribution in [0.2, 0.25) is 0 Å². The third-order valence-electron chi connectivity index (χ3n) is 6.66. The van der Waals surface area contributed by atoms with Gasteiger partial charge >= 0.3 is 12.0 Å². The Morgan fingerprint density at radius 1 is 0.500 bits per heavy atom. The van der Waals surface area contributed by atoms with E-state index in [1.165, 1.54) is 109 Å². The lowest BCUT2D eigenvalue weighted by Crippen LogP contribution is -2.22. The molecule has 0 saturated heterocycles. The van der Waals surface area contributed by atoms with Gasteiger partial charge in [-0.2, -0.15) is 9.97 Å². The van der Waals surface area contributed by atoms with Crippen molar-refractivity contribution in [1.29, 1.82) is 0 Å². The lowest BCUT2D eigenvalue weighted by atomic mass is 10.0. The van der Waals surface area contributed by atoms with Gasteiger partial charge in [-0.05, 0) is 51.4 Å². The van der Waals surface area contributed by atoms with Crippen LogP contribution in [0.5, 0.6) is 12.0 Å². The number of hydroxylamine groups is 2. The van der Waals surface area contributed by atoms with Crippen LogP contribution in [0.3, 0.4) is 0 Å². The fraction of sp³-hybridized carbons (Fsp3) is 0.741. The van der Waals surface area contributed by atoms with Gasteiger partial charge in [0.15, 0.2) is 0 Å². The van der Waals surface area contributed by atoms with Crippen molar-refractivity contribution in [2.24, 2.45) is 0 Å². The first-order chi connectivity index (χ1) is 16.9. The molecule has 1 heterocycles. The Labute approximate surface area is 206 Å². The molecule has 7 nitrogen and oxygen atoms in total. The maximum Gasteiger partial charge on any atom is 0.348 e. The summed E-state index contributed by atoms with van der Waals surface area (Å²) in [5.41, 5.74) is 8.39. The highest BCUT2D eigenvalue weighted by Crippen LogP contribution is 2.17. The maximum atomic E-state index is 5.69. The van der Waals surface area contributed by atoms with E-state index in [1.54, 1.807) is 0 Å². The lowest BCUT2D eigenvalue weighted by Gasteiger charge is -2.13. The highest BCUT2D eigenvalue weighted by atomic mass is 16.7. The SMILES string of the molecule is C1=C(NOc2ncnc(ONC3=CCCCCCCCCCC3)n2)CCCCCCCCCC1. The summed E-state index contributed by atoms with van der Waals surface area (Å²) in [4.78, 5) is 24.0. The van der Waals surface area contributed by atoms with Crippen molar-refractivity contribution in [3.05, 3.63) is 29.9 Å². The molecule has 1 aromatic rings. The predicted molar refractivity (Wildman–Crippen MR) is 136 cm³/mol. The first-order valence-corrected chi connectivity index (χ1v) is 13.8. The molecule has 7 heteroatoms. The highest BCUT2D eigenvalue weighted by molar-refractivity contribution is 5.04. The number of hydrogen-bond acceptors (Lipinski definition) is 7. The summed E-state index contributed by atoms with van der Waals surface area (Å²) in [6.45, 7) is 0. The van der Waals surface area contributed by atoms with Crippen molar-refractivity contribution in [3.8, 4) is 12.0 Å². The molecule has 0 unspecified atom stereocenters. The molecule has 0 radical (unpaired) electrons. The highest BCUT2D eigenvalue weighted by Gasteiger charge is 2.08. The van der Waals surface area contributed by atoms with Gasteiger partial charge in [-0.25, -0.2) is 11.0 Å². The summed E-state index contributed by atoms with van der Waals surface area (Å²) in [7, 11) is 0. The van der Waals surface area contributed by atoms with Gasteiger partial charge < -0.3 is 9.68 Å². The molecule has 0 bridgehead atoms. The zero-order chi connectivity index (χ0) is 23.5. The molecule has 1 aromatic heterocycles. The van der Waals surface area contributed by atoms with Crippen molar-refractivity contribution in [1.82, 2.24) is 25.9 Å². The average Bonchev–Trinajstić information content (AvgIpc) is 2.84. The molecule has 0 spiro atoms. The van der Waals surface area contributed by atoms with Crippen molar-refractivity contribution in [2.45, 2.75) is 128 Å². The van der Waals surface area contributed by atoms with Crippen LogP contribution in [-0.2, 0) is 0 Å². The normalized spacial score (nSPS) is 20.1. The topological polar surface area (TPSA) is 81.2 Å². The summed E-state index contributed by atoms with van der Waals surface area (Å²) >= 11 is 0. The number of nitrogens with one attached hydrogen (secondary N) is 2. The molecule has 2 aliphatic rings. The Bertz CT molecular complexity index is 680. The second-order valence-electron chi connectivity index (χ2n) is 9.65. The van der Waals surface area contributed by atoms with E-state index < -0.39 is 0 Å². The van der Waals surface area contributed by atoms with Crippen LogP contribution < -0.4 is 20.6 Å². The Balaban J connectivity index is 1.47. The number of hydrogen-bond donors (Lipinski definition) is 2. The zero-order valence-electron chi connectivity index (χ0n) is 21.0. The number of aromatic nitrogens is 3. The Morgan fingerprint density at radius 3 is 1.32 bits per heavy atom. The molecule has 0 amide bonds. The van der Waals surface area contributed by atoms with E-state index in [-0.39, 0.29) is 12.0 Å². The third-order valence-corrected chi connectivity index (χ3v) is 6.66. The monoisotopic (exact) mass is 471 g/mol. The number of rotatable bonds is 6. The van der Waals surface area contributed by atoms with Crippen molar-refractivity contribution < 1.29 is 9.68 Å². The molecule has 3 rings (SSSR count). The minimum Gasteiger partial charge on any atom is -0.340 e. The largest absolute Gasteiger partial charge is 0.348 e. The van der Waals surface area contributed by atoms with Gasteiger partial charge in [-0.3, -0.25) is 0 Å². The summed E-state index contributed by atoms with van der Waals surface area (Å²) in [6.07, 6.45) is 30.9. The molecule has 0 fully saturated rings. The standard InChI is InChI=1S/C27H45N5O2/c1-3-7-11-15-19-24(20-16-12-8-4-1)31-33-26-28-23-29-27(30-26)34-32-25-21-17-13-9-5-2-6-10-14-18-22-25/h19,21,23,31-32H,1-18,20,22H2. The number of nitrogens with zero attached hydrogens (tertiary/aromatic N) is 3. The van der Waals surface area contributed by atoms with Gasteiger partial charge in [0.2, 0.25) is 0 Å². The Hall–Kier alpha value is -2.31. The molecular formula is C27H45N5O2. The first kappa shape index (κ1) is 26.3. The molecule has 0 aliphatic heterocycles. The minimum atomic E-state index is 0.214. The van der Waals surface area contributed by atoms with Gasteiger partial charge in [-0.1, -0.05) is 89.2 Å². The van der Waals surface area contributed by atoms with Crippen LogP contribution >= 0.6 is 0 Å². The fourth-order valence-corrected chi connectivity index (χ4v) is 4.57.